The smallest absolute Gasteiger partial charge is 0.462 e. The molecular weight excluding hydrogens is 1310 g/mol. The predicted octanol–water partition coefficient (Wildman–Crippen LogP) is 21.4. The Balaban J connectivity index is 5.48. The molecule has 0 aliphatic carbocycles. The highest BCUT2D eigenvalue weighted by atomic mass is 31.2. The number of carbonyl (C=O) groups excluding carboxylic acids is 4. The summed E-state index contributed by atoms with van der Waals surface area (Å²) in [6.07, 6.45) is 83.8. The molecule has 0 saturated heterocycles. The first-order valence-electron chi connectivity index (χ1n) is 37.4. The van der Waals surface area contributed by atoms with E-state index in [9.17, 15) is 43.2 Å². The molecule has 100 heavy (non-hydrogen) atoms. The third-order valence-corrected chi connectivity index (χ3v) is 16.6. The summed E-state index contributed by atoms with van der Waals surface area (Å²) < 4.78 is 68.2. The second kappa shape index (κ2) is 71.8. The van der Waals surface area contributed by atoms with Crippen molar-refractivity contribution in [1.29, 1.82) is 0 Å². The maximum Gasteiger partial charge on any atom is 0.472 e. The normalized spacial score (nSPS) is 14.9. The van der Waals surface area contributed by atoms with Gasteiger partial charge in [0.2, 0.25) is 0 Å². The lowest BCUT2D eigenvalue weighted by atomic mass is 10.1. The van der Waals surface area contributed by atoms with E-state index in [1.54, 1.807) is 0 Å². The van der Waals surface area contributed by atoms with Crippen molar-refractivity contribution in [2.75, 3.05) is 39.6 Å². The lowest BCUT2D eigenvalue weighted by Gasteiger charge is -2.21. The molecule has 0 aliphatic heterocycles. The first kappa shape index (κ1) is 94.4. The minimum atomic E-state index is -5.01. The maximum absolute atomic E-state index is 13.1. The van der Waals surface area contributed by atoms with E-state index in [0.717, 1.165) is 128 Å². The van der Waals surface area contributed by atoms with E-state index >= 15 is 0 Å². The third-order valence-electron chi connectivity index (χ3n) is 14.7. The van der Waals surface area contributed by atoms with Gasteiger partial charge in [-0.05, 0) is 141 Å². The fraction of sp³-hybridized carbons (Fsp3) is 0.605. The van der Waals surface area contributed by atoms with Crippen LogP contribution in [-0.4, -0.2) is 96.7 Å². The number of carbonyl (C=O) groups is 4. The monoisotopic (exact) mass is 1440 g/mol. The highest BCUT2D eigenvalue weighted by Gasteiger charge is 2.30. The SMILES string of the molecule is CC/C=C\C/C=C\C/C=C\C/C=C\C/C=C\C/C=C\CCC(=O)OCC(COP(=O)(O)OCC(O)COP(=O)(O)OCC(COC(=O)CCCC/C=C\C/C=C\C/C=C\C/C=C\CC)OC(=O)CCCCCCCCCCCCC)OC(=O)CCCC/C=C\C/C=C\C/C=C\C/C=C\CC. The molecule has 0 aromatic carbocycles. The van der Waals surface area contributed by atoms with Gasteiger partial charge in [-0.3, -0.25) is 37.3 Å². The van der Waals surface area contributed by atoms with Crippen LogP contribution in [0.1, 0.15) is 259 Å². The molecule has 0 heterocycles. The molecule has 566 valence electrons. The third kappa shape index (κ3) is 70.8. The molecular formula is C81H130O17P2. The molecule has 0 fully saturated rings. The fourth-order valence-electron chi connectivity index (χ4n) is 9.11. The van der Waals surface area contributed by atoms with Crippen LogP contribution in [0.3, 0.4) is 0 Å². The van der Waals surface area contributed by atoms with Crippen molar-refractivity contribution in [2.45, 2.75) is 277 Å². The number of phosphoric ester groups is 2. The Morgan fingerprint density at radius 1 is 0.290 bits per heavy atom. The van der Waals surface area contributed by atoms with Crippen LogP contribution in [0, 0.1) is 0 Å². The van der Waals surface area contributed by atoms with Gasteiger partial charge < -0.3 is 33.8 Å². The van der Waals surface area contributed by atoms with E-state index in [0.29, 0.717) is 38.5 Å². The summed E-state index contributed by atoms with van der Waals surface area (Å²) in [6.45, 7) is 4.30. The summed E-state index contributed by atoms with van der Waals surface area (Å²) >= 11 is 0. The zero-order chi connectivity index (χ0) is 73.2. The Morgan fingerprint density at radius 3 is 0.860 bits per heavy atom. The standard InChI is InChI=1S/C81H130O17P2/c1-5-9-13-17-21-25-29-32-35-36-37-38-41-43-47-50-54-58-62-66-79(84)92-72-77(98-81(86)68-64-60-56-52-48-44-40-34-31-27-23-19-15-11-7-3)74-96-100(89,90)94-70-75(82)69-93-99(87,88)95-73-76(97-80(85)67-63-59-55-51-45-28-24-20-16-12-8-4)71-91-78(83)65-61-57-53-49-46-42-39-33-30-26-22-18-14-10-6-2/h9-11,13-15,21-23,25-27,32-35,37-40,43,46-49,52,54,58,75-77,82H,5-8,12,16-20,24,28-31,36,41-42,44-45,50-51,53,55-57,59-74H2,1-4H3,(H,87,88)(H,89,90)/b13-9-,14-10-,15-11-,25-21-,26-22-,27-23-,35-32-,38-37-,39-33-,40-34-,47-43-,49-46-,52-48-,58-54-. The van der Waals surface area contributed by atoms with Gasteiger partial charge in [-0.15, -0.1) is 0 Å². The number of allylic oxidation sites excluding steroid dienone is 28. The minimum Gasteiger partial charge on any atom is -0.462 e. The lowest BCUT2D eigenvalue weighted by molar-refractivity contribution is -0.161. The molecule has 0 aromatic heterocycles. The van der Waals surface area contributed by atoms with Gasteiger partial charge >= 0.3 is 39.5 Å². The lowest BCUT2D eigenvalue weighted by Crippen LogP contribution is -2.30. The molecule has 0 aliphatic rings. The highest BCUT2D eigenvalue weighted by molar-refractivity contribution is 7.47. The van der Waals surface area contributed by atoms with Crippen LogP contribution in [0.4, 0.5) is 0 Å². The van der Waals surface area contributed by atoms with Crippen LogP contribution in [0.5, 0.6) is 0 Å². The second-order valence-electron chi connectivity index (χ2n) is 24.1. The van der Waals surface area contributed by atoms with Crippen molar-refractivity contribution in [1.82, 2.24) is 0 Å². The van der Waals surface area contributed by atoms with Gasteiger partial charge in [-0.25, -0.2) is 9.13 Å². The van der Waals surface area contributed by atoms with Crippen molar-refractivity contribution in [3.8, 4) is 0 Å². The van der Waals surface area contributed by atoms with E-state index < -0.39 is 97.5 Å². The molecule has 0 radical (unpaired) electrons. The van der Waals surface area contributed by atoms with Crippen molar-refractivity contribution in [2.24, 2.45) is 0 Å². The summed E-state index contributed by atoms with van der Waals surface area (Å²) in [5.74, 6) is -2.38. The van der Waals surface area contributed by atoms with E-state index in [-0.39, 0.29) is 25.7 Å². The number of aliphatic hydroxyl groups is 1. The number of esters is 4. The maximum atomic E-state index is 13.1. The van der Waals surface area contributed by atoms with Gasteiger partial charge in [0.15, 0.2) is 12.2 Å². The Kier molecular flexibility index (Phi) is 67.8. The van der Waals surface area contributed by atoms with Crippen LogP contribution in [0.15, 0.2) is 170 Å². The Hall–Kier alpha value is -5.58. The van der Waals surface area contributed by atoms with Crippen LogP contribution in [-0.2, 0) is 65.4 Å². The first-order chi connectivity index (χ1) is 48.7. The number of unbranched alkanes of at least 4 members (excludes halogenated alkanes) is 14. The average Bonchev–Trinajstić information content (AvgIpc) is 0.985. The summed E-state index contributed by atoms with van der Waals surface area (Å²) in [4.78, 5) is 72.7. The Bertz CT molecular complexity index is 2570. The van der Waals surface area contributed by atoms with Gasteiger partial charge in [0.25, 0.3) is 0 Å². The topological polar surface area (TPSA) is 237 Å². The van der Waals surface area contributed by atoms with Gasteiger partial charge in [0.05, 0.1) is 26.4 Å². The molecule has 0 saturated carbocycles. The first-order valence-corrected chi connectivity index (χ1v) is 40.4. The van der Waals surface area contributed by atoms with Gasteiger partial charge in [0.1, 0.15) is 19.3 Å². The predicted molar refractivity (Wildman–Crippen MR) is 408 cm³/mol. The van der Waals surface area contributed by atoms with Gasteiger partial charge in [-0.2, -0.15) is 0 Å². The molecule has 0 spiro atoms. The fourth-order valence-corrected chi connectivity index (χ4v) is 10.7. The molecule has 0 amide bonds. The molecule has 3 N–H and O–H groups in total. The zero-order valence-electron chi connectivity index (χ0n) is 61.5. The van der Waals surface area contributed by atoms with Crippen molar-refractivity contribution < 1.29 is 80.2 Å². The summed E-state index contributed by atoms with van der Waals surface area (Å²) in [7, 11) is -10.0. The van der Waals surface area contributed by atoms with Crippen LogP contribution in [0.25, 0.3) is 0 Å². The zero-order valence-corrected chi connectivity index (χ0v) is 63.3. The summed E-state index contributed by atoms with van der Waals surface area (Å²) in [6, 6.07) is 0. The van der Waals surface area contributed by atoms with E-state index in [1.165, 1.54) is 38.5 Å². The molecule has 0 bridgehead atoms. The number of phosphoric acid groups is 2. The molecule has 17 nitrogen and oxygen atoms in total. The molecule has 5 unspecified atom stereocenters. The summed E-state index contributed by atoms with van der Waals surface area (Å²) in [5, 5.41) is 10.6. The van der Waals surface area contributed by atoms with E-state index in [4.69, 9.17) is 37.0 Å². The van der Waals surface area contributed by atoms with E-state index in [2.05, 4.69) is 174 Å². The second-order valence-corrected chi connectivity index (χ2v) is 27.0. The van der Waals surface area contributed by atoms with Crippen molar-refractivity contribution >= 4 is 39.5 Å². The van der Waals surface area contributed by atoms with Gasteiger partial charge in [0, 0.05) is 25.7 Å². The summed E-state index contributed by atoms with van der Waals surface area (Å²) in [5.41, 5.74) is 0. The minimum absolute atomic E-state index is 0.0197. The Labute approximate surface area is 603 Å². The van der Waals surface area contributed by atoms with Crippen LogP contribution in [0.2, 0.25) is 0 Å². The Morgan fingerprint density at radius 2 is 0.540 bits per heavy atom. The number of ether oxygens (including phenoxy) is 4. The number of rotatable bonds is 68. The van der Waals surface area contributed by atoms with Crippen molar-refractivity contribution in [3.05, 3.63) is 170 Å². The van der Waals surface area contributed by atoms with Crippen LogP contribution < -0.4 is 0 Å². The number of hydrogen-bond donors (Lipinski definition) is 3. The van der Waals surface area contributed by atoms with Gasteiger partial charge in [-0.1, -0.05) is 262 Å². The molecule has 19 heteroatoms. The van der Waals surface area contributed by atoms with Crippen molar-refractivity contribution in [3.63, 3.8) is 0 Å². The number of hydrogen-bond acceptors (Lipinski definition) is 15. The average molecular weight is 1440 g/mol. The number of aliphatic hydroxyl groups excluding tert-OH is 1. The highest BCUT2D eigenvalue weighted by Crippen LogP contribution is 2.45. The van der Waals surface area contributed by atoms with E-state index in [1.807, 2.05) is 24.3 Å². The largest absolute Gasteiger partial charge is 0.472 e. The molecule has 0 rings (SSSR count). The molecule has 5 atom stereocenters. The molecule has 0 aromatic rings. The van der Waals surface area contributed by atoms with Crippen LogP contribution >= 0.6 is 15.6 Å². The quantitative estimate of drug-likeness (QED) is 0.0169.